The highest BCUT2D eigenvalue weighted by molar-refractivity contribution is 7.98. The third kappa shape index (κ3) is 4.04. The summed E-state index contributed by atoms with van der Waals surface area (Å²) in [6.45, 7) is 2.06. The van der Waals surface area contributed by atoms with Gasteiger partial charge in [-0.2, -0.15) is 0 Å². The lowest BCUT2D eigenvalue weighted by molar-refractivity contribution is 0.573. The van der Waals surface area contributed by atoms with Crippen LogP contribution in [0.25, 0.3) is 28.5 Å². The molecule has 0 saturated carbocycles. The first-order valence-electron chi connectivity index (χ1n) is 9.94. The van der Waals surface area contributed by atoms with Gasteiger partial charge >= 0.3 is 0 Å². The van der Waals surface area contributed by atoms with Crippen molar-refractivity contribution in [3.05, 3.63) is 96.4 Å². The number of oxazole rings is 1. The van der Waals surface area contributed by atoms with Gasteiger partial charge < -0.3 is 4.42 Å². The highest BCUT2D eigenvalue weighted by atomic mass is 32.2. The van der Waals surface area contributed by atoms with Gasteiger partial charge in [0.1, 0.15) is 12.1 Å². The molecule has 0 saturated heterocycles. The molecule has 0 unspecified atom stereocenters. The number of nitrogens with zero attached hydrogens (tertiary/aromatic N) is 5. The SMILES string of the molecule is Cc1ccccc1-n1c(SCc2coc(-c3ccc(F)cc3)n2)nnc1-c1cccnc1. The number of halogens is 1. The van der Waals surface area contributed by atoms with E-state index in [1.165, 1.54) is 23.9 Å². The maximum absolute atomic E-state index is 13.2. The molecule has 0 aliphatic rings. The van der Waals surface area contributed by atoms with Crippen molar-refractivity contribution in [2.24, 2.45) is 0 Å². The molecule has 0 spiro atoms. The summed E-state index contributed by atoms with van der Waals surface area (Å²) in [6, 6.07) is 18.0. The Morgan fingerprint density at radius 3 is 2.59 bits per heavy atom. The van der Waals surface area contributed by atoms with Gasteiger partial charge in [0.15, 0.2) is 11.0 Å². The van der Waals surface area contributed by atoms with Crippen molar-refractivity contribution in [2.75, 3.05) is 0 Å². The monoisotopic (exact) mass is 443 g/mol. The second-order valence-electron chi connectivity index (χ2n) is 7.11. The first-order valence-corrected chi connectivity index (χ1v) is 10.9. The van der Waals surface area contributed by atoms with E-state index >= 15 is 0 Å². The molecule has 5 aromatic rings. The first kappa shape index (κ1) is 20.1. The molecule has 158 valence electrons. The second-order valence-corrected chi connectivity index (χ2v) is 8.05. The van der Waals surface area contributed by atoms with Crippen LogP contribution >= 0.6 is 11.8 Å². The van der Waals surface area contributed by atoms with E-state index in [2.05, 4.69) is 33.2 Å². The zero-order chi connectivity index (χ0) is 21.9. The molecule has 0 N–H and O–H groups in total. The van der Waals surface area contributed by atoms with Crippen LogP contribution in [0.3, 0.4) is 0 Å². The first-order chi connectivity index (χ1) is 15.7. The third-order valence-electron chi connectivity index (χ3n) is 4.90. The van der Waals surface area contributed by atoms with Crippen LogP contribution in [-0.2, 0) is 5.75 Å². The molecule has 32 heavy (non-hydrogen) atoms. The van der Waals surface area contributed by atoms with E-state index in [0.29, 0.717) is 11.6 Å². The van der Waals surface area contributed by atoms with Crippen molar-refractivity contribution in [3.63, 3.8) is 0 Å². The van der Waals surface area contributed by atoms with Gasteiger partial charge in [-0.1, -0.05) is 30.0 Å². The molecule has 0 fully saturated rings. The van der Waals surface area contributed by atoms with Gasteiger partial charge in [0, 0.05) is 29.3 Å². The Hall–Kier alpha value is -3.78. The van der Waals surface area contributed by atoms with Gasteiger partial charge in [-0.25, -0.2) is 9.37 Å². The van der Waals surface area contributed by atoms with Crippen LogP contribution in [0, 0.1) is 12.7 Å². The van der Waals surface area contributed by atoms with Gasteiger partial charge in [-0.05, 0) is 55.0 Å². The van der Waals surface area contributed by atoms with Gasteiger partial charge in [-0.15, -0.1) is 10.2 Å². The van der Waals surface area contributed by atoms with Crippen LogP contribution in [0.4, 0.5) is 4.39 Å². The fraction of sp³-hybridized carbons (Fsp3) is 0.0833. The largest absolute Gasteiger partial charge is 0.444 e. The Bertz CT molecular complexity index is 1350. The van der Waals surface area contributed by atoms with Crippen molar-refractivity contribution in [1.29, 1.82) is 0 Å². The number of rotatable bonds is 6. The van der Waals surface area contributed by atoms with Gasteiger partial charge in [0.2, 0.25) is 5.89 Å². The van der Waals surface area contributed by atoms with Crippen LogP contribution in [0.15, 0.2) is 88.9 Å². The van der Waals surface area contributed by atoms with E-state index in [0.717, 1.165) is 39.1 Å². The average Bonchev–Trinajstić information content (AvgIpc) is 3.46. The van der Waals surface area contributed by atoms with Crippen molar-refractivity contribution in [1.82, 2.24) is 24.7 Å². The third-order valence-corrected chi connectivity index (χ3v) is 5.86. The molecule has 6 nitrogen and oxygen atoms in total. The predicted molar refractivity (Wildman–Crippen MR) is 121 cm³/mol. The van der Waals surface area contributed by atoms with E-state index in [-0.39, 0.29) is 5.82 Å². The average molecular weight is 444 g/mol. The van der Waals surface area contributed by atoms with Gasteiger partial charge in [0.25, 0.3) is 0 Å². The van der Waals surface area contributed by atoms with Gasteiger partial charge in [0.05, 0.1) is 11.4 Å². The van der Waals surface area contributed by atoms with Crippen LogP contribution in [0.1, 0.15) is 11.3 Å². The number of thioether (sulfide) groups is 1. The molecule has 0 bridgehead atoms. The highest BCUT2D eigenvalue weighted by Gasteiger charge is 2.18. The minimum absolute atomic E-state index is 0.295. The summed E-state index contributed by atoms with van der Waals surface area (Å²) in [5.41, 5.74) is 4.49. The molecule has 0 amide bonds. The summed E-state index contributed by atoms with van der Waals surface area (Å²) in [5, 5.41) is 9.64. The van der Waals surface area contributed by atoms with Crippen LogP contribution in [0.2, 0.25) is 0 Å². The normalized spacial score (nSPS) is 11.1. The van der Waals surface area contributed by atoms with E-state index in [9.17, 15) is 4.39 Å². The minimum atomic E-state index is -0.295. The Kier molecular flexibility index (Phi) is 5.51. The molecular weight excluding hydrogens is 425 g/mol. The van der Waals surface area contributed by atoms with E-state index in [1.54, 1.807) is 30.8 Å². The molecule has 2 aromatic carbocycles. The summed E-state index contributed by atoms with van der Waals surface area (Å²) in [4.78, 5) is 8.76. The molecular formula is C24H18FN5OS. The molecule has 3 aromatic heterocycles. The lowest BCUT2D eigenvalue weighted by Gasteiger charge is -2.12. The van der Waals surface area contributed by atoms with Crippen LogP contribution < -0.4 is 0 Å². The summed E-state index contributed by atoms with van der Waals surface area (Å²) in [6.07, 6.45) is 5.12. The number of para-hydroxylation sites is 1. The highest BCUT2D eigenvalue weighted by Crippen LogP contribution is 2.31. The number of pyridine rings is 1. The lowest BCUT2D eigenvalue weighted by Crippen LogP contribution is -2.02. The van der Waals surface area contributed by atoms with E-state index in [4.69, 9.17) is 4.42 Å². The van der Waals surface area contributed by atoms with Crippen molar-refractivity contribution in [3.8, 4) is 28.5 Å². The van der Waals surface area contributed by atoms with Crippen molar-refractivity contribution in [2.45, 2.75) is 17.8 Å². The zero-order valence-electron chi connectivity index (χ0n) is 17.1. The minimum Gasteiger partial charge on any atom is -0.444 e. The van der Waals surface area contributed by atoms with E-state index < -0.39 is 0 Å². The topological polar surface area (TPSA) is 69.6 Å². The Morgan fingerprint density at radius 1 is 0.969 bits per heavy atom. The second kappa shape index (κ2) is 8.76. The number of hydrogen-bond donors (Lipinski definition) is 0. The smallest absolute Gasteiger partial charge is 0.226 e. The quantitative estimate of drug-likeness (QED) is 0.313. The molecule has 0 aliphatic heterocycles. The molecule has 0 radical (unpaired) electrons. The molecule has 3 heterocycles. The fourth-order valence-corrected chi connectivity index (χ4v) is 4.14. The summed E-state index contributed by atoms with van der Waals surface area (Å²) in [7, 11) is 0. The summed E-state index contributed by atoms with van der Waals surface area (Å²) in [5.74, 6) is 1.43. The predicted octanol–water partition coefficient (Wildman–Crippen LogP) is 5.72. The van der Waals surface area contributed by atoms with Crippen molar-refractivity contribution >= 4 is 11.8 Å². The standard InChI is InChI=1S/C24H18FN5OS/c1-16-5-2-3-7-21(16)30-22(18-6-4-12-26-13-18)28-29-24(30)32-15-20-14-31-23(27-20)17-8-10-19(25)11-9-17/h2-14H,15H2,1H3. The number of hydrogen-bond acceptors (Lipinski definition) is 6. The zero-order valence-corrected chi connectivity index (χ0v) is 18.0. The molecule has 5 rings (SSSR count). The Morgan fingerprint density at radius 2 is 1.81 bits per heavy atom. The van der Waals surface area contributed by atoms with Gasteiger partial charge in [-0.3, -0.25) is 9.55 Å². The van der Waals surface area contributed by atoms with E-state index in [1.807, 2.05) is 34.9 Å². The number of aromatic nitrogens is 5. The summed E-state index contributed by atoms with van der Waals surface area (Å²) < 4.78 is 20.8. The lowest BCUT2D eigenvalue weighted by atomic mass is 10.2. The molecule has 0 aliphatic carbocycles. The Balaban J connectivity index is 1.45. The number of benzene rings is 2. The van der Waals surface area contributed by atoms with Crippen LogP contribution in [0.5, 0.6) is 0 Å². The van der Waals surface area contributed by atoms with Crippen LogP contribution in [-0.4, -0.2) is 24.7 Å². The summed E-state index contributed by atoms with van der Waals surface area (Å²) >= 11 is 1.52. The fourth-order valence-electron chi connectivity index (χ4n) is 3.31. The molecule has 8 heteroatoms. The number of aryl methyl sites for hydroxylation is 1. The van der Waals surface area contributed by atoms with Crippen molar-refractivity contribution < 1.29 is 8.81 Å². The Labute approximate surface area is 188 Å². The maximum atomic E-state index is 13.2. The maximum Gasteiger partial charge on any atom is 0.226 e. The molecule has 0 atom stereocenters.